The fourth-order valence-electron chi connectivity index (χ4n) is 0.885. The van der Waals surface area contributed by atoms with Crippen LogP contribution in [0.2, 0.25) is 5.02 Å². The first-order valence-corrected chi connectivity index (χ1v) is 6.24. The van der Waals surface area contributed by atoms with Gasteiger partial charge >= 0.3 is 10.1 Å². The van der Waals surface area contributed by atoms with Gasteiger partial charge in [-0.3, -0.25) is 4.18 Å². The number of hydrogen-bond donors (Lipinski definition) is 0. The van der Waals surface area contributed by atoms with E-state index in [0.29, 0.717) is 10.8 Å². The smallest absolute Gasteiger partial charge is 0.302 e. The Hall–Kier alpha value is -0.780. The molecule has 1 aromatic carbocycles. The molecule has 0 saturated heterocycles. The second-order valence-electron chi connectivity index (χ2n) is 2.68. The highest BCUT2D eigenvalue weighted by Gasteiger charge is 2.10. The van der Waals surface area contributed by atoms with Gasteiger partial charge in [0.05, 0.1) is 6.61 Å². The Labute approximate surface area is 93.9 Å². The zero-order chi connectivity index (χ0) is 11.3. The van der Waals surface area contributed by atoms with Crippen LogP contribution in [0, 0.1) is 0 Å². The molecule has 1 rings (SSSR count). The first kappa shape index (κ1) is 12.3. The van der Waals surface area contributed by atoms with Crippen LogP contribution in [0.4, 0.5) is 0 Å². The molecule has 0 fully saturated rings. The lowest BCUT2D eigenvalue weighted by molar-refractivity contribution is 0.299. The summed E-state index contributed by atoms with van der Waals surface area (Å²) in [5.41, 5.74) is 0. The van der Waals surface area contributed by atoms with Crippen molar-refractivity contribution in [2.45, 2.75) is 6.92 Å². The van der Waals surface area contributed by atoms with E-state index in [1.54, 1.807) is 31.2 Å². The third-order valence-corrected chi connectivity index (χ3v) is 2.73. The monoisotopic (exact) mass is 250 g/mol. The molecule has 0 spiro atoms. The Balaban J connectivity index is 2.54. The molecule has 0 aliphatic carbocycles. The number of benzene rings is 1. The lowest BCUT2D eigenvalue weighted by atomic mass is 10.3. The summed E-state index contributed by atoms with van der Waals surface area (Å²) in [6.07, 6.45) is 0. The molecule has 0 saturated carbocycles. The summed E-state index contributed by atoms with van der Waals surface area (Å²) in [5, 5.41) is 0.565. The molecule has 0 atom stereocenters. The van der Waals surface area contributed by atoms with Crippen LogP contribution in [0.25, 0.3) is 0 Å². The summed E-state index contributed by atoms with van der Waals surface area (Å²) in [7, 11) is -3.60. The Morgan fingerprint density at radius 2 is 1.87 bits per heavy atom. The van der Waals surface area contributed by atoms with E-state index in [-0.39, 0.29) is 6.61 Å². The van der Waals surface area contributed by atoms with Crippen molar-refractivity contribution >= 4 is 21.7 Å². The molecule has 0 aliphatic heterocycles. The number of halogens is 1. The first-order valence-electron chi connectivity index (χ1n) is 4.29. The molecule has 6 heteroatoms. The maximum atomic E-state index is 11.1. The van der Waals surface area contributed by atoms with Crippen molar-refractivity contribution in [1.82, 2.24) is 0 Å². The third kappa shape index (κ3) is 4.51. The summed E-state index contributed by atoms with van der Waals surface area (Å²) in [4.78, 5) is 0. The number of hydrogen-bond acceptors (Lipinski definition) is 4. The Morgan fingerprint density at radius 1 is 1.27 bits per heavy atom. The van der Waals surface area contributed by atoms with Gasteiger partial charge in [0.25, 0.3) is 0 Å². The Kier molecular flexibility index (Phi) is 4.38. The molecule has 0 unspecified atom stereocenters. The minimum Gasteiger partial charge on any atom is -0.475 e. The summed E-state index contributed by atoms with van der Waals surface area (Å²) in [6, 6.07) is 6.40. The zero-order valence-electron chi connectivity index (χ0n) is 8.14. The molecular weight excluding hydrogens is 240 g/mol. The first-order chi connectivity index (χ1) is 7.03. The van der Waals surface area contributed by atoms with Crippen LogP contribution in [0.3, 0.4) is 0 Å². The van der Waals surface area contributed by atoms with Gasteiger partial charge in [-0.2, -0.15) is 8.42 Å². The standard InChI is InChI=1S/C9H11ClO4S/c1-2-14-15(11,12)7-13-9-5-3-8(10)4-6-9/h3-6H,2,7H2,1H3. The molecule has 0 aromatic heterocycles. The predicted molar refractivity (Wildman–Crippen MR) is 57.5 cm³/mol. The van der Waals surface area contributed by atoms with Gasteiger partial charge in [-0.15, -0.1) is 0 Å². The van der Waals surface area contributed by atoms with E-state index < -0.39 is 16.1 Å². The number of ether oxygens (including phenoxy) is 1. The van der Waals surface area contributed by atoms with Crippen molar-refractivity contribution in [3.8, 4) is 5.75 Å². The molecule has 84 valence electrons. The highest BCUT2D eigenvalue weighted by Crippen LogP contribution is 2.15. The molecule has 0 amide bonds. The SMILES string of the molecule is CCOS(=O)(=O)COc1ccc(Cl)cc1. The van der Waals surface area contributed by atoms with Gasteiger partial charge in [0.1, 0.15) is 5.75 Å². The summed E-state index contributed by atoms with van der Waals surface area (Å²) in [6.45, 7) is 1.70. The van der Waals surface area contributed by atoms with E-state index in [4.69, 9.17) is 16.3 Å². The normalized spacial score (nSPS) is 11.3. The minimum atomic E-state index is -3.60. The Bertz CT molecular complexity index is 399. The minimum absolute atomic E-state index is 0.103. The molecule has 0 aliphatic rings. The maximum Gasteiger partial charge on any atom is 0.302 e. The van der Waals surface area contributed by atoms with Crippen molar-refractivity contribution in [2.75, 3.05) is 12.5 Å². The second-order valence-corrected chi connectivity index (χ2v) is 4.70. The topological polar surface area (TPSA) is 52.6 Å². The maximum absolute atomic E-state index is 11.1. The van der Waals surface area contributed by atoms with Gasteiger partial charge in [-0.25, -0.2) is 0 Å². The molecule has 4 nitrogen and oxygen atoms in total. The second kappa shape index (κ2) is 5.34. The third-order valence-electron chi connectivity index (χ3n) is 1.48. The molecular formula is C9H11ClO4S. The van der Waals surface area contributed by atoms with Crippen LogP contribution in [0.15, 0.2) is 24.3 Å². The van der Waals surface area contributed by atoms with Crippen molar-refractivity contribution in [3.05, 3.63) is 29.3 Å². The lowest BCUT2D eigenvalue weighted by Gasteiger charge is -2.06. The zero-order valence-corrected chi connectivity index (χ0v) is 9.72. The van der Waals surface area contributed by atoms with Crippen LogP contribution < -0.4 is 4.74 Å². The summed E-state index contributed by atoms with van der Waals surface area (Å²) < 4.78 is 31.7. The largest absolute Gasteiger partial charge is 0.475 e. The highest BCUT2D eigenvalue weighted by molar-refractivity contribution is 7.86. The van der Waals surface area contributed by atoms with Crippen molar-refractivity contribution in [3.63, 3.8) is 0 Å². The molecule has 0 radical (unpaired) electrons. The van der Waals surface area contributed by atoms with Gasteiger partial charge in [0.2, 0.25) is 5.94 Å². The van der Waals surface area contributed by atoms with Gasteiger partial charge < -0.3 is 4.74 Å². The molecule has 15 heavy (non-hydrogen) atoms. The van der Waals surface area contributed by atoms with E-state index in [1.807, 2.05) is 0 Å². The van der Waals surface area contributed by atoms with E-state index >= 15 is 0 Å². The average Bonchev–Trinajstić information content (AvgIpc) is 2.17. The van der Waals surface area contributed by atoms with Gasteiger partial charge in [0.15, 0.2) is 0 Å². The van der Waals surface area contributed by atoms with Gasteiger partial charge in [0, 0.05) is 5.02 Å². The Morgan fingerprint density at radius 3 is 2.40 bits per heavy atom. The van der Waals surface area contributed by atoms with E-state index in [9.17, 15) is 8.42 Å². The van der Waals surface area contributed by atoms with Crippen LogP contribution in [-0.4, -0.2) is 21.0 Å². The summed E-state index contributed by atoms with van der Waals surface area (Å²) >= 11 is 5.65. The van der Waals surface area contributed by atoms with Crippen molar-refractivity contribution in [1.29, 1.82) is 0 Å². The molecule has 1 aromatic rings. The molecule has 0 N–H and O–H groups in total. The number of rotatable bonds is 5. The quantitative estimate of drug-likeness (QED) is 0.751. The van der Waals surface area contributed by atoms with Gasteiger partial charge in [-0.1, -0.05) is 11.6 Å². The molecule has 0 heterocycles. The van der Waals surface area contributed by atoms with Crippen molar-refractivity contribution < 1.29 is 17.3 Å². The van der Waals surface area contributed by atoms with E-state index in [2.05, 4.69) is 4.18 Å². The van der Waals surface area contributed by atoms with Gasteiger partial charge in [-0.05, 0) is 31.2 Å². The predicted octanol–water partition coefficient (Wildman–Crippen LogP) is 2.04. The van der Waals surface area contributed by atoms with Crippen molar-refractivity contribution in [2.24, 2.45) is 0 Å². The fraction of sp³-hybridized carbons (Fsp3) is 0.333. The fourth-order valence-corrected chi connectivity index (χ4v) is 1.72. The average molecular weight is 251 g/mol. The van der Waals surface area contributed by atoms with Crippen LogP contribution in [0.1, 0.15) is 6.92 Å². The van der Waals surface area contributed by atoms with E-state index in [0.717, 1.165) is 0 Å². The van der Waals surface area contributed by atoms with Crippen LogP contribution >= 0.6 is 11.6 Å². The summed E-state index contributed by atoms with van der Waals surface area (Å²) in [5.74, 6) is -0.0645. The van der Waals surface area contributed by atoms with Crippen LogP contribution in [0.5, 0.6) is 5.75 Å². The molecule has 0 bridgehead atoms. The highest BCUT2D eigenvalue weighted by atomic mass is 35.5. The van der Waals surface area contributed by atoms with E-state index in [1.165, 1.54) is 0 Å². The van der Waals surface area contributed by atoms with Crippen LogP contribution in [-0.2, 0) is 14.3 Å². The lowest BCUT2D eigenvalue weighted by Crippen LogP contribution is -2.15.